The summed E-state index contributed by atoms with van der Waals surface area (Å²) in [7, 11) is 0. The highest BCUT2D eigenvalue weighted by atomic mass is 16.2. The van der Waals surface area contributed by atoms with Crippen LogP contribution in [-0.2, 0) is 10.2 Å². The first-order chi connectivity index (χ1) is 12.3. The number of likely N-dealkylation sites (tertiary alicyclic amines) is 1. The van der Waals surface area contributed by atoms with Crippen LogP contribution >= 0.6 is 0 Å². The molecular weight excluding hydrogens is 312 g/mol. The van der Waals surface area contributed by atoms with E-state index in [1.165, 1.54) is 12.0 Å². The van der Waals surface area contributed by atoms with Crippen LogP contribution in [0.4, 0.5) is 0 Å². The third-order valence-electron chi connectivity index (χ3n) is 5.97. The molecule has 0 unspecified atom stereocenters. The monoisotopic (exact) mass is 338 g/mol. The quantitative estimate of drug-likeness (QED) is 0.933. The average Bonchev–Trinajstić information content (AvgIpc) is 3.24. The zero-order valence-corrected chi connectivity index (χ0v) is 14.7. The number of benzene rings is 1. The van der Waals surface area contributed by atoms with E-state index in [0.29, 0.717) is 5.91 Å². The fourth-order valence-electron chi connectivity index (χ4n) is 4.64. The first-order valence-corrected chi connectivity index (χ1v) is 9.50. The standard InChI is InChI=1S/C20H26N4O/c25-19(24-13-7-8-16(14-24)18-21-15-22-23-18)20(11-5-2-6-12-20)17-9-3-1-4-10-17/h1,3-4,9-10,15-16H,2,5-8,11-14H2,(H,21,22,23)/t16-/m1/s1. The second-order valence-electron chi connectivity index (χ2n) is 7.47. The Bertz CT molecular complexity index is 692. The lowest BCUT2D eigenvalue weighted by molar-refractivity contribution is -0.140. The minimum Gasteiger partial charge on any atom is -0.341 e. The molecule has 0 bridgehead atoms. The molecule has 1 saturated heterocycles. The Balaban J connectivity index is 1.60. The van der Waals surface area contributed by atoms with Gasteiger partial charge in [-0.3, -0.25) is 9.89 Å². The highest BCUT2D eigenvalue weighted by molar-refractivity contribution is 5.88. The number of nitrogens with one attached hydrogen (secondary N) is 1. The number of hydrogen-bond donors (Lipinski definition) is 1. The Morgan fingerprint density at radius 1 is 1.12 bits per heavy atom. The topological polar surface area (TPSA) is 61.9 Å². The Morgan fingerprint density at radius 3 is 2.64 bits per heavy atom. The fraction of sp³-hybridized carbons (Fsp3) is 0.550. The molecule has 1 aromatic carbocycles. The molecule has 2 heterocycles. The molecule has 4 rings (SSSR count). The molecule has 1 atom stereocenters. The van der Waals surface area contributed by atoms with Crippen LogP contribution < -0.4 is 0 Å². The Labute approximate surface area is 148 Å². The highest BCUT2D eigenvalue weighted by Gasteiger charge is 2.44. The van der Waals surface area contributed by atoms with Crippen molar-refractivity contribution in [2.24, 2.45) is 0 Å². The van der Waals surface area contributed by atoms with Gasteiger partial charge in [-0.25, -0.2) is 4.98 Å². The predicted octanol–water partition coefficient (Wildman–Crippen LogP) is 3.41. The van der Waals surface area contributed by atoms with E-state index in [1.54, 1.807) is 6.33 Å². The Morgan fingerprint density at radius 2 is 1.92 bits per heavy atom. The molecule has 1 amide bonds. The predicted molar refractivity (Wildman–Crippen MR) is 96.1 cm³/mol. The number of aromatic amines is 1. The maximum absolute atomic E-state index is 13.7. The lowest BCUT2D eigenvalue weighted by Gasteiger charge is -2.42. The molecule has 2 aliphatic rings. The molecule has 1 aliphatic heterocycles. The van der Waals surface area contributed by atoms with Crippen molar-refractivity contribution >= 4 is 5.91 Å². The largest absolute Gasteiger partial charge is 0.341 e. The first kappa shape index (κ1) is 16.3. The molecule has 2 aromatic rings. The number of H-pyrrole nitrogens is 1. The van der Waals surface area contributed by atoms with Gasteiger partial charge in [-0.15, -0.1) is 0 Å². The fourth-order valence-corrected chi connectivity index (χ4v) is 4.64. The highest BCUT2D eigenvalue weighted by Crippen LogP contribution is 2.42. The van der Waals surface area contributed by atoms with Gasteiger partial charge >= 0.3 is 0 Å². The normalized spacial score (nSPS) is 23.4. The molecule has 1 aromatic heterocycles. The zero-order valence-electron chi connectivity index (χ0n) is 14.7. The summed E-state index contributed by atoms with van der Waals surface area (Å²) in [6, 6.07) is 10.4. The van der Waals surface area contributed by atoms with E-state index in [-0.39, 0.29) is 11.3 Å². The summed E-state index contributed by atoms with van der Waals surface area (Å²) in [5, 5.41) is 6.97. The van der Waals surface area contributed by atoms with Crippen LogP contribution in [0.1, 0.15) is 62.3 Å². The second kappa shape index (κ2) is 6.98. The number of rotatable bonds is 3. The molecule has 1 saturated carbocycles. The van der Waals surface area contributed by atoms with Gasteiger partial charge in [0.05, 0.1) is 5.41 Å². The Hall–Kier alpha value is -2.17. The average molecular weight is 338 g/mol. The second-order valence-corrected chi connectivity index (χ2v) is 7.47. The molecule has 5 heteroatoms. The summed E-state index contributed by atoms with van der Waals surface area (Å²) in [4.78, 5) is 20.1. The van der Waals surface area contributed by atoms with E-state index in [2.05, 4.69) is 44.3 Å². The van der Waals surface area contributed by atoms with Crippen molar-refractivity contribution in [1.82, 2.24) is 20.1 Å². The number of piperidine rings is 1. The van der Waals surface area contributed by atoms with Crippen molar-refractivity contribution in [3.63, 3.8) is 0 Å². The number of aromatic nitrogens is 3. The van der Waals surface area contributed by atoms with Crippen LogP contribution in [0.5, 0.6) is 0 Å². The minimum atomic E-state index is -0.331. The summed E-state index contributed by atoms with van der Waals surface area (Å²) in [5.74, 6) is 1.51. The number of carbonyl (C=O) groups is 1. The van der Waals surface area contributed by atoms with Gasteiger partial charge in [0.2, 0.25) is 5.91 Å². The van der Waals surface area contributed by atoms with Gasteiger partial charge in [0.1, 0.15) is 12.2 Å². The zero-order chi connectivity index (χ0) is 17.1. The third kappa shape index (κ3) is 3.08. The van der Waals surface area contributed by atoms with E-state index in [4.69, 9.17) is 0 Å². The van der Waals surface area contributed by atoms with Crippen molar-refractivity contribution in [2.45, 2.75) is 56.3 Å². The molecule has 1 aliphatic carbocycles. The van der Waals surface area contributed by atoms with Crippen LogP contribution in [0, 0.1) is 0 Å². The number of carbonyl (C=O) groups excluding carboxylic acids is 1. The molecule has 5 nitrogen and oxygen atoms in total. The van der Waals surface area contributed by atoms with Gasteiger partial charge in [-0.05, 0) is 31.2 Å². The summed E-state index contributed by atoms with van der Waals surface area (Å²) >= 11 is 0. The van der Waals surface area contributed by atoms with Crippen LogP contribution in [0.3, 0.4) is 0 Å². The third-order valence-corrected chi connectivity index (χ3v) is 5.97. The van der Waals surface area contributed by atoms with Gasteiger partial charge in [0, 0.05) is 19.0 Å². The van der Waals surface area contributed by atoms with Crippen molar-refractivity contribution in [3.8, 4) is 0 Å². The SMILES string of the molecule is O=C(N1CCC[C@@H](c2ncn[nH]2)C1)C1(c2ccccc2)CCCCC1. The molecule has 2 fully saturated rings. The van der Waals surface area contributed by atoms with Crippen LogP contribution in [0.25, 0.3) is 0 Å². The molecule has 25 heavy (non-hydrogen) atoms. The van der Waals surface area contributed by atoms with Crippen LogP contribution in [0.2, 0.25) is 0 Å². The number of hydrogen-bond acceptors (Lipinski definition) is 3. The summed E-state index contributed by atoms with van der Waals surface area (Å²) in [6.07, 6.45) is 9.11. The Kier molecular flexibility index (Phi) is 4.55. The van der Waals surface area contributed by atoms with E-state index < -0.39 is 0 Å². The van der Waals surface area contributed by atoms with E-state index in [0.717, 1.165) is 57.4 Å². The van der Waals surface area contributed by atoms with Crippen molar-refractivity contribution in [1.29, 1.82) is 0 Å². The summed E-state index contributed by atoms with van der Waals surface area (Å²) in [5.41, 5.74) is 0.865. The number of amides is 1. The lowest BCUT2D eigenvalue weighted by atomic mass is 9.68. The van der Waals surface area contributed by atoms with Gasteiger partial charge in [0.15, 0.2) is 0 Å². The summed E-state index contributed by atoms with van der Waals surface area (Å²) in [6.45, 7) is 1.61. The van der Waals surface area contributed by atoms with E-state index in [9.17, 15) is 4.79 Å². The van der Waals surface area contributed by atoms with Crippen molar-refractivity contribution in [3.05, 3.63) is 48.0 Å². The molecule has 132 valence electrons. The van der Waals surface area contributed by atoms with Crippen molar-refractivity contribution < 1.29 is 4.79 Å². The molecular formula is C20H26N4O. The van der Waals surface area contributed by atoms with E-state index in [1.807, 2.05) is 6.07 Å². The lowest BCUT2D eigenvalue weighted by Crippen LogP contribution is -2.51. The molecule has 0 spiro atoms. The molecule has 1 N–H and O–H groups in total. The van der Waals surface area contributed by atoms with Crippen LogP contribution in [-0.4, -0.2) is 39.1 Å². The van der Waals surface area contributed by atoms with E-state index >= 15 is 0 Å². The van der Waals surface area contributed by atoms with Gasteiger partial charge in [-0.2, -0.15) is 5.10 Å². The van der Waals surface area contributed by atoms with Crippen LogP contribution in [0.15, 0.2) is 36.7 Å². The molecule has 0 radical (unpaired) electrons. The van der Waals surface area contributed by atoms with Gasteiger partial charge in [-0.1, -0.05) is 49.6 Å². The summed E-state index contributed by atoms with van der Waals surface area (Å²) < 4.78 is 0. The number of nitrogens with zero attached hydrogens (tertiary/aromatic N) is 3. The first-order valence-electron chi connectivity index (χ1n) is 9.50. The smallest absolute Gasteiger partial charge is 0.233 e. The minimum absolute atomic E-state index is 0.275. The van der Waals surface area contributed by atoms with Gasteiger partial charge < -0.3 is 4.90 Å². The van der Waals surface area contributed by atoms with Crippen molar-refractivity contribution in [2.75, 3.05) is 13.1 Å². The van der Waals surface area contributed by atoms with Gasteiger partial charge in [0.25, 0.3) is 0 Å². The maximum Gasteiger partial charge on any atom is 0.233 e. The maximum atomic E-state index is 13.7.